The van der Waals surface area contributed by atoms with Gasteiger partial charge in [-0.2, -0.15) is 0 Å². The maximum absolute atomic E-state index is 13.3. The average Bonchev–Trinajstić information content (AvgIpc) is 2.80. The average molecular weight is 529 g/mol. The zero-order valence-electron chi connectivity index (χ0n) is 21.5. The lowest BCUT2D eigenvalue weighted by atomic mass is 9.93. The first-order chi connectivity index (χ1) is 17.0. The van der Waals surface area contributed by atoms with Gasteiger partial charge in [0.05, 0.1) is 12.7 Å². The van der Waals surface area contributed by atoms with Crippen molar-refractivity contribution >= 4 is 19.2 Å². The van der Waals surface area contributed by atoms with Gasteiger partial charge in [-0.15, -0.1) is 0 Å². The number of rotatable bonds is 7. The first-order valence-corrected chi connectivity index (χ1v) is 14.4. The summed E-state index contributed by atoms with van der Waals surface area (Å²) in [6.07, 6.45) is 0.852. The highest BCUT2D eigenvalue weighted by Crippen LogP contribution is 2.56. The topological polar surface area (TPSA) is 65.0 Å². The second-order valence-electron chi connectivity index (χ2n) is 9.92. The molecule has 7 heteroatoms. The first kappa shape index (κ1) is 26.8. The Morgan fingerprint density at radius 2 is 1.81 bits per heavy atom. The monoisotopic (exact) mass is 528 g/mol. The predicted octanol–water partition coefficient (Wildman–Crippen LogP) is 8.39. The molecule has 1 N–H and O–H groups in total. The first-order valence-electron chi connectivity index (χ1n) is 12.3. The smallest absolute Gasteiger partial charge is 0.368 e. The quantitative estimate of drug-likeness (QED) is 0.312. The van der Waals surface area contributed by atoms with Gasteiger partial charge in [-0.25, -0.2) is 0 Å². The fourth-order valence-corrected chi connectivity index (χ4v) is 6.47. The predicted molar refractivity (Wildman–Crippen MR) is 145 cm³/mol. The van der Waals surface area contributed by atoms with E-state index in [-0.39, 0.29) is 18.4 Å². The minimum absolute atomic E-state index is 0.156. The van der Waals surface area contributed by atoms with Crippen molar-refractivity contribution in [2.75, 3.05) is 13.0 Å². The van der Waals surface area contributed by atoms with E-state index in [1.54, 1.807) is 6.07 Å². The van der Waals surface area contributed by atoms with Crippen LogP contribution >= 0.6 is 19.2 Å². The largest absolute Gasteiger partial charge is 0.508 e. The molecule has 0 unspecified atom stereocenters. The standard InChI is InChI=1S/C29H34ClO5P/c1-18(2)26-14-22(6-7-28(26)31)15-27-20(4)12-25(13-21(27)5)33-17-36(32)34-9-8-29(35-36)23-10-19(3)11-24(30)16-23/h6-7,10-14,16,18,29,31H,8-9,15,17H2,1-5H3/t29-,36-/m0/s1. The van der Waals surface area contributed by atoms with E-state index in [0.29, 0.717) is 29.5 Å². The van der Waals surface area contributed by atoms with Gasteiger partial charge in [-0.3, -0.25) is 9.09 Å². The Hall–Kier alpha value is -2.30. The number of hydrogen-bond acceptors (Lipinski definition) is 5. The fourth-order valence-electron chi connectivity index (χ4n) is 4.67. The van der Waals surface area contributed by atoms with Crippen LogP contribution in [0.2, 0.25) is 5.02 Å². The summed E-state index contributed by atoms with van der Waals surface area (Å²) in [4.78, 5) is 0. The summed E-state index contributed by atoms with van der Waals surface area (Å²) in [5.41, 5.74) is 7.39. The number of aromatic hydroxyl groups is 1. The molecule has 36 heavy (non-hydrogen) atoms. The van der Waals surface area contributed by atoms with E-state index < -0.39 is 7.60 Å². The van der Waals surface area contributed by atoms with E-state index in [4.69, 9.17) is 25.4 Å². The Bertz CT molecular complexity index is 1260. The van der Waals surface area contributed by atoms with Gasteiger partial charge < -0.3 is 14.4 Å². The van der Waals surface area contributed by atoms with Crippen molar-refractivity contribution in [1.29, 1.82) is 0 Å². The normalized spacial score (nSPS) is 20.0. The zero-order chi connectivity index (χ0) is 26.0. The van der Waals surface area contributed by atoms with Crippen LogP contribution in [0.4, 0.5) is 0 Å². The number of phenols is 1. The minimum Gasteiger partial charge on any atom is -0.508 e. The highest BCUT2D eigenvalue weighted by molar-refractivity contribution is 7.53. The van der Waals surface area contributed by atoms with Crippen LogP contribution < -0.4 is 4.74 Å². The Morgan fingerprint density at radius 1 is 1.08 bits per heavy atom. The van der Waals surface area contributed by atoms with Crippen LogP contribution in [0.3, 0.4) is 0 Å². The van der Waals surface area contributed by atoms with Gasteiger partial charge in [-0.1, -0.05) is 43.6 Å². The third-order valence-corrected chi connectivity index (χ3v) is 8.36. The van der Waals surface area contributed by atoms with Crippen molar-refractivity contribution in [3.05, 3.63) is 92.5 Å². The molecule has 5 nitrogen and oxygen atoms in total. The maximum Gasteiger partial charge on any atom is 0.368 e. The maximum atomic E-state index is 13.3. The minimum atomic E-state index is -3.44. The molecule has 0 saturated carbocycles. The molecule has 1 heterocycles. The molecule has 0 aromatic heterocycles. The number of halogens is 1. The van der Waals surface area contributed by atoms with E-state index in [0.717, 1.165) is 39.8 Å². The SMILES string of the molecule is Cc1cc(Cl)cc([C@@H]2CCO[P@@](=O)(COc3cc(C)c(Cc4ccc(O)c(C(C)C)c4)c(C)c3)O2)c1. The molecule has 3 aromatic rings. The van der Waals surface area contributed by atoms with Gasteiger partial charge in [0.25, 0.3) is 0 Å². The highest BCUT2D eigenvalue weighted by Gasteiger charge is 2.35. The lowest BCUT2D eigenvalue weighted by Crippen LogP contribution is -2.17. The van der Waals surface area contributed by atoms with Crippen molar-refractivity contribution in [3.63, 3.8) is 0 Å². The van der Waals surface area contributed by atoms with Gasteiger partial charge in [0, 0.05) is 11.4 Å². The van der Waals surface area contributed by atoms with Crippen molar-refractivity contribution in [3.8, 4) is 11.5 Å². The number of ether oxygens (including phenoxy) is 1. The Kier molecular flexibility index (Phi) is 8.16. The van der Waals surface area contributed by atoms with Crippen molar-refractivity contribution in [1.82, 2.24) is 0 Å². The van der Waals surface area contributed by atoms with Gasteiger partial charge >= 0.3 is 7.60 Å². The lowest BCUT2D eigenvalue weighted by molar-refractivity contribution is 0.0725. The summed E-state index contributed by atoms with van der Waals surface area (Å²) in [5, 5.41) is 10.8. The molecular weight excluding hydrogens is 495 g/mol. The summed E-state index contributed by atoms with van der Waals surface area (Å²) in [6, 6.07) is 15.4. The molecule has 1 fully saturated rings. The molecule has 3 aromatic carbocycles. The molecule has 0 amide bonds. The van der Waals surface area contributed by atoms with E-state index >= 15 is 0 Å². The summed E-state index contributed by atoms with van der Waals surface area (Å²) in [5.74, 6) is 1.21. The Labute approximate surface area is 218 Å². The molecule has 1 saturated heterocycles. The molecule has 0 aliphatic carbocycles. The fraction of sp³-hybridized carbons (Fsp3) is 0.379. The van der Waals surface area contributed by atoms with E-state index in [2.05, 4.69) is 19.9 Å². The third-order valence-electron chi connectivity index (χ3n) is 6.55. The molecule has 1 aliphatic heterocycles. The summed E-state index contributed by atoms with van der Waals surface area (Å²) >= 11 is 6.21. The van der Waals surface area contributed by atoms with Crippen molar-refractivity contribution in [2.45, 2.75) is 59.5 Å². The highest BCUT2D eigenvalue weighted by atomic mass is 35.5. The molecule has 0 radical (unpaired) electrons. The van der Waals surface area contributed by atoms with Crippen LogP contribution in [0.15, 0.2) is 48.5 Å². The molecular formula is C29H34ClO5P. The molecule has 1 aliphatic rings. The second-order valence-corrected chi connectivity index (χ2v) is 12.3. The van der Waals surface area contributed by atoms with Crippen molar-refractivity contribution in [2.24, 2.45) is 0 Å². The summed E-state index contributed by atoms with van der Waals surface area (Å²) < 4.78 is 30.8. The van der Waals surface area contributed by atoms with Crippen LogP contribution in [0.25, 0.3) is 0 Å². The van der Waals surface area contributed by atoms with E-state index in [9.17, 15) is 9.67 Å². The van der Waals surface area contributed by atoms with Crippen LogP contribution in [0.5, 0.6) is 11.5 Å². The molecule has 192 valence electrons. The van der Waals surface area contributed by atoms with Gasteiger partial charge in [0.15, 0.2) is 6.35 Å². The summed E-state index contributed by atoms with van der Waals surface area (Å²) in [7, 11) is -3.44. The third kappa shape index (κ3) is 6.33. The van der Waals surface area contributed by atoms with Crippen molar-refractivity contribution < 1.29 is 23.5 Å². The number of phenolic OH excluding ortho intramolecular Hbond substituents is 1. The molecule has 2 atom stereocenters. The lowest BCUT2D eigenvalue weighted by Gasteiger charge is -2.30. The Morgan fingerprint density at radius 3 is 2.47 bits per heavy atom. The Balaban J connectivity index is 1.46. The summed E-state index contributed by atoms with van der Waals surface area (Å²) in [6.45, 7) is 10.5. The molecule has 0 bridgehead atoms. The van der Waals surface area contributed by atoms with Crippen LogP contribution in [0, 0.1) is 20.8 Å². The van der Waals surface area contributed by atoms with Crippen LogP contribution in [-0.4, -0.2) is 18.1 Å². The number of aryl methyl sites for hydroxylation is 3. The van der Waals surface area contributed by atoms with Crippen LogP contribution in [0.1, 0.15) is 71.2 Å². The second kappa shape index (κ2) is 11.0. The van der Waals surface area contributed by atoms with Gasteiger partial charge in [0.2, 0.25) is 0 Å². The number of hydrogen-bond donors (Lipinski definition) is 1. The zero-order valence-corrected chi connectivity index (χ0v) is 23.2. The van der Waals surface area contributed by atoms with Gasteiger partial charge in [0.1, 0.15) is 11.5 Å². The number of benzene rings is 3. The molecule has 4 rings (SSSR count). The van der Waals surface area contributed by atoms with E-state index in [1.165, 1.54) is 5.56 Å². The van der Waals surface area contributed by atoms with E-state index in [1.807, 2.05) is 57.2 Å². The van der Waals surface area contributed by atoms with Crippen LogP contribution in [-0.2, 0) is 20.0 Å². The van der Waals surface area contributed by atoms with Gasteiger partial charge in [-0.05, 0) is 102 Å². The molecule has 0 spiro atoms.